The second kappa shape index (κ2) is 4.37. The number of oxime groups is 1. The van der Waals surface area contributed by atoms with Crippen LogP contribution >= 0.6 is 0 Å². The van der Waals surface area contributed by atoms with Crippen molar-refractivity contribution in [2.75, 3.05) is 12.1 Å². The van der Waals surface area contributed by atoms with Crippen molar-refractivity contribution >= 4 is 23.1 Å². The highest BCUT2D eigenvalue weighted by Gasteiger charge is 2.25. The van der Waals surface area contributed by atoms with Crippen LogP contribution in [-0.4, -0.2) is 24.4 Å². The monoisotopic (exact) mass is 231 g/mol. The molecule has 5 heteroatoms. The van der Waals surface area contributed by atoms with Crippen molar-refractivity contribution in [2.45, 2.75) is 13.8 Å². The lowest BCUT2D eigenvalue weighted by molar-refractivity contribution is -0.134. The van der Waals surface area contributed by atoms with E-state index in [9.17, 15) is 4.79 Å². The summed E-state index contributed by atoms with van der Waals surface area (Å²) in [5.41, 5.74) is 2.78. The van der Waals surface area contributed by atoms with Crippen LogP contribution in [0.15, 0.2) is 34.5 Å². The molecule has 0 saturated heterocycles. The van der Waals surface area contributed by atoms with Crippen molar-refractivity contribution in [3.05, 3.63) is 29.8 Å². The summed E-state index contributed by atoms with van der Waals surface area (Å²) in [6, 6.07) is 7.84. The third kappa shape index (κ3) is 2.33. The summed E-state index contributed by atoms with van der Waals surface area (Å²) in [4.78, 5) is 15.9. The Morgan fingerprint density at radius 2 is 2.12 bits per heavy atom. The van der Waals surface area contributed by atoms with E-state index in [1.807, 2.05) is 31.2 Å². The summed E-state index contributed by atoms with van der Waals surface area (Å²) in [5, 5.41) is 9.40. The molecule has 0 aliphatic carbocycles. The average molecular weight is 231 g/mol. The Balaban J connectivity index is 2.27. The lowest BCUT2D eigenvalue weighted by atomic mass is 10.2. The molecule has 0 fully saturated rings. The highest BCUT2D eigenvalue weighted by Crippen LogP contribution is 2.15. The van der Waals surface area contributed by atoms with Crippen molar-refractivity contribution in [3.8, 4) is 0 Å². The summed E-state index contributed by atoms with van der Waals surface area (Å²) in [6.07, 6.45) is 0. The van der Waals surface area contributed by atoms with E-state index in [2.05, 4.69) is 15.1 Å². The standard InChI is InChI=1S/C12H13N3O2/c1-8-5-4-6-10(7-8)15(3)13-11-9(2)14-17-12(11)16/h4-7H,1-3H3/b13-11-. The number of nitrogens with zero attached hydrogens (tertiary/aromatic N) is 3. The first-order chi connectivity index (χ1) is 8.08. The number of carbonyl (C=O) groups excluding carboxylic acids is 1. The van der Waals surface area contributed by atoms with E-state index in [1.165, 1.54) is 0 Å². The van der Waals surface area contributed by atoms with Gasteiger partial charge in [-0.05, 0) is 31.5 Å². The van der Waals surface area contributed by atoms with Gasteiger partial charge in [0.05, 0.1) is 5.69 Å². The maximum absolute atomic E-state index is 11.3. The Morgan fingerprint density at radius 1 is 1.35 bits per heavy atom. The highest BCUT2D eigenvalue weighted by atomic mass is 16.7. The molecule has 1 aromatic rings. The fourth-order valence-electron chi connectivity index (χ4n) is 1.49. The van der Waals surface area contributed by atoms with Crippen LogP contribution in [0, 0.1) is 6.92 Å². The first-order valence-corrected chi connectivity index (χ1v) is 5.23. The minimum absolute atomic E-state index is 0.244. The van der Waals surface area contributed by atoms with E-state index in [1.54, 1.807) is 19.0 Å². The van der Waals surface area contributed by atoms with Crippen molar-refractivity contribution in [1.82, 2.24) is 0 Å². The van der Waals surface area contributed by atoms with E-state index in [0.29, 0.717) is 5.71 Å². The number of carbonyl (C=O) groups is 1. The fraction of sp³-hybridized carbons (Fsp3) is 0.250. The SMILES string of the molecule is CC1=NOC(=O)/C1=N\N(C)c1cccc(C)c1. The molecule has 0 N–H and O–H groups in total. The van der Waals surface area contributed by atoms with Gasteiger partial charge in [0.25, 0.3) is 0 Å². The normalized spacial score (nSPS) is 17.0. The van der Waals surface area contributed by atoms with E-state index in [0.717, 1.165) is 11.3 Å². The molecular weight excluding hydrogens is 218 g/mol. The van der Waals surface area contributed by atoms with E-state index < -0.39 is 5.97 Å². The summed E-state index contributed by atoms with van der Waals surface area (Å²) >= 11 is 0. The number of anilines is 1. The maximum Gasteiger partial charge on any atom is 0.387 e. The van der Waals surface area contributed by atoms with Crippen LogP contribution in [0.25, 0.3) is 0 Å². The van der Waals surface area contributed by atoms with Gasteiger partial charge < -0.3 is 4.84 Å². The van der Waals surface area contributed by atoms with E-state index in [4.69, 9.17) is 0 Å². The number of rotatable bonds is 2. The molecule has 1 aliphatic heterocycles. The lowest BCUT2D eigenvalue weighted by Gasteiger charge is -2.13. The van der Waals surface area contributed by atoms with Crippen molar-refractivity contribution in [2.24, 2.45) is 10.3 Å². The number of hydrogen-bond acceptors (Lipinski definition) is 5. The number of aryl methyl sites for hydroxylation is 1. The quantitative estimate of drug-likeness (QED) is 0.575. The molecule has 1 heterocycles. The molecule has 0 spiro atoms. The molecule has 2 rings (SSSR count). The topological polar surface area (TPSA) is 54.3 Å². The molecule has 1 aromatic carbocycles. The van der Waals surface area contributed by atoms with Gasteiger partial charge in [-0.1, -0.05) is 17.3 Å². The predicted molar refractivity (Wildman–Crippen MR) is 66.2 cm³/mol. The van der Waals surface area contributed by atoms with Crippen LogP contribution in [0.3, 0.4) is 0 Å². The van der Waals surface area contributed by atoms with Crippen LogP contribution in [0.1, 0.15) is 12.5 Å². The van der Waals surface area contributed by atoms with Crippen LogP contribution in [0.5, 0.6) is 0 Å². The van der Waals surface area contributed by atoms with Gasteiger partial charge in [0.2, 0.25) is 0 Å². The molecule has 0 bridgehead atoms. The van der Waals surface area contributed by atoms with Crippen LogP contribution in [-0.2, 0) is 9.63 Å². The Hall–Kier alpha value is -2.17. The second-order valence-electron chi connectivity index (χ2n) is 3.87. The summed E-state index contributed by atoms with van der Waals surface area (Å²) < 4.78 is 0. The largest absolute Gasteiger partial charge is 0.387 e. The molecule has 0 unspecified atom stereocenters. The summed E-state index contributed by atoms with van der Waals surface area (Å²) in [6.45, 7) is 3.69. The van der Waals surface area contributed by atoms with E-state index in [-0.39, 0.29) is 5.71 Å². The van der Waals surface area contributed by atoms with Gasteiger partial charge in [-0.15, -0.1) is 0 Å². The van der Waals surface area contributed by atoms with E-state index >= 15 is 0 Å². The smallest absolute Gasteiger partial charge is 0.311 e. The zero-order valence-corrected chi connectivity index (χ0v) is 9.97. The lowest BCUT2D eigenvalue weighted by Crippen LogP contribution is -2.21. The van der Waals surface area contributed by atoms with Crippen molar-refractivity contribution in [3.63, 3.8) is 0 Å². The minimum Gasteiger partial charge on any atom is -0.311 e. The summed E-state index contributed by atoms with van der Waals surface area (Å²) in [7, 11) is 1.78. The number of hydrogen-bond donors (Lipinski definition) is 0. The number of hydrazone groups is 1. The van der Waals surface area contributed by atoms with Crippen LogP contribution < -0.4 is 5.01 Å². The first-order valence-electron chi connectivity index (χ1n) is 5.23. The molecule has 17 heavy (non-hydrogen) atoms. The highest BCUT2D eigenvalue weighted by molar-refractivity contribution is 6.66. The third-order valence-corrected chi connectivity index (χ3v) is 2.43. The second-order valence-corrected chi connectivity index (χ2v) is 3.87. The third-order valence-electron chi connectivity index (χ3n) is 2.43. The van der Waals surface area contributed by atoms with Gasteiger partial charge in [0, 0.05) is 7.05 Å². The first kappa shape index (κ1) is 11.3. The van der Waals surface area contributed by atoms with Crippen LogP contribution in [0.4, 0.5) is 5.69 Å². The maximum atomic E-state index is 11.3. The van der Waals surface area contributed by atoms with Crippen LogP contribution in [0.2, 0.25) is 0 Å². The molecule has 0 atom stereocenters. The van der Waals surface area contributed by atoms with Gasteiger partial charge >= 0.3 is 5.97 Å². The minimum atomic E-state index is -0.512. The average Bonchev–Trinajstić information content (AvgIpc) is 2.61. The molecule has 0 aromatic heterocycles. The predicted octanol–water partition coefficient (Wildman–Crippen LogP) is 1.72. The molecule has 5 nitrogen and oxygen atoms in total. The molecule has 1 aliphatic rings. The Bertz CT molecular complexity index is 520. The van der Waals surface area contributed by atoms with Gasteiger partial charge in [-0.25, -0.2) is 4.79 Å². The van der Waals surface area contributed by atoms with Gasteiger partial charge in [-0.3, -0.25) is 5.01 Å². The fourth-order valence-corrected chi connectivity index (χ4v) is 1.49. The molecule has 0 radical (unpaired) electrons. The van der Waals surface area contributed by atoms with Crippen molar-refractivity contribution in [1.29, 1.82) is 0 Å². The Labute approximate surface area is 99.4 Å². The van der Waals surface area contributed by atoms with Gasteiger partial charge in [-0.2, -0.15) is 5.10 Å². The van der Waals surface area contributed by atoms with Crippen molar-refractivity contribution < 1.29 is 9.63 Å². The summed E-state index contributed by atoms with van der Waals surface area (Å²) in [5.74, 6) is -0.512. The van der Waals surface area contributed by atoms with Gasteiger partial charge in [0.15, 0.2) is 5.71 Å². The molecule has 0 amide bonds. The van der Waals surface area contributed by atoms with Gasteiger partial charge in [0.1, 0.15) is 5.71 Å². The molecule has 0 saturated carbocycles. The zero-order chi connectivity index (χ0) is 12.4. The molecule has 88 valence electrons. The Kier molecular flexibility index (Phi) is 2.91. The Morgan fingerprint density at radius 3 is 2.71 bits per heavy atom. The molecular formula is C12H13N3O2. The number of benzene rings is 1. The zero-order valence-electron chi connectivity index (χ0n) is 9.97.